The molecule has 0 radical (unpaired) electrons. The van der Waals surface area contributed by atoms with Gasteiger partial charge in [-0.2, -0.15) is 9.78 Å². The van der Waals surface area contributed by atoms with Crippen molar-refractivity contribution in [3.63, 3.8) is 0 Å². The molecule has 0 amide bonds. The van der Waals surface area contributed by atoms with Gasteiger partial charge in [-0.1, -0.05) is 40.2 Å². The van der Waals surface area contributed by atoms with Crippen molar-refractivity contribution in [3.8, 4) is 22.7 Å². The van der Waals surface area contributed by atoms with Gasteiger partial charge in [0.2, 0.25) is 5.88 Å². The van der Waals surface area contributed by atoms with Crippen LogP contribution < -0.4 is 10.3 Å². The molecule has 2 aromatic carbocycles. The van der Waals surface area contributed by atoms with Gasteiger partial charge in [-0.15, -0.1) is 0 Å². The van der Waals surface area contributed by atoms with Crippen LogP contribution in [0.2, 0.25) is 0 Å². The fourth-order valence-electron chi connectivity index (χ4n) is 3.43. The lowest BCUT2D eigenvalue weighted by Crippen LogP contribution is -2.23. The van der Waals surface area contributed by atoms with E-state index in [1.807, 2.05) is 25.1 Å². The molecule has 0 saturated carbocycles. The van der Waals surface area contributed by atoms with Gasteiger partial charge >= 0.3 is 0 Å². The van der Waals surface area contributed by atoms with Crippen LogP contribution >= 0.6 is 15.9 Å². The Morgan fingerprint density at radius 2 is 1.90 bits per heavy atom. The third kappa shape index (κ3) is 3.31. The van der Waals surface area contributed by atoms with Crippen LogP contribution in [-0.2, 0) is 5.33 Å². The van der Waals surface area contributed by atoms with E-state index in [2.05, 4.69) is 26.0 Å². The minimum absolute atomic E-state index is 0.0238. The van der Waals surface area contributed by atoms with Crippen LogP contribution in [0.4, 0.5) is 4.39 Å². The van der Waals surface area contributed by atoms with Crippen molar-refractivity contribution in [2.24, 2.45) is 0 Å². The lowest BCUT2D eigenvalue weighted by Gasteiger charge is -2.16. The fourth-order valence-corrected chi connectivity index (χ4v) is 4.02. The third-order valence-corrected chi connectivity index (χ3v) is 5.40. The Balaban J connectivity index is 1.97. The van der Waals surface area contributed by atoms with E-state index in [4.69, 9.17) is 4.74 Å². The summed E-state index contributed by atoms with van der Waals surface area (Å²) in [6.07, 6.45) is 1.50. The van der Waals surface area contributed by atoms with Crippen molar-refractivity contribution in [1.29, 1.82) is 0 Å². The first kappa shape index (κ1) is 19.3. The zero-order valence-electron chi connectivity index (χ0n) is 15.8. The van der Waals surface area contributed by atoms with E-state index in [1.165, 1.54) is 16.9 Å². The average molecular weight is 454 g/mol. The zero-order chi connectivity index (χ0) is 20.5. The fraction of sp³-hybridized carbons (Fsp3) is 0.136. The highest BCUT2D eigenvalue weighted by Gasteiger charge is 2.17. The molecule has 4 aromatic rings. The second kappa shape index (κ2) is 7.75. The highest BCUT2D eigenvalue weighted by atomic mass is 79.9. The van der Waals surface area contributed by atoms with E-state index in [0.717, 1.165) is 22.4 Å². The van der Waals surface area contributed by atoms with E-state index in [-0.39, 0.29) is 5.39 Å². The Hall–Kier alpha value is -3.06. The van der Waals surface area contributed by atoms with E-state index < -0.39 is 11.4 Å². The van der Waals surface area contributed by atoms with Crippen LogP contribution in [0.25, 0.3) is 27.6 Å². The quantitative estimate of drug-likeness (QED) is 0.416. The van der Waals surface area contributed by atoms with Gasteiger partial charge in [0.1, 0.15) is 5.82 Å². The van der Waals surface area contributed by atoms with Crippen LogP contribution in [0.5, 0.6) is 5.88 Å². The predicted molar refractivity (Wildman–Crippen MR) is 114 cm³/mol. The van der Waals surface area contributed by atoms with Gasteiger partial charge < -0.3 is 4.74 Å². The summed E-state index contributed by atoms with van der Waals surface area (Å²) in [5.41, 5.74) is 3.58. The molecular formula is C22H17BrFN3O2. The first-order valence-electron chi connectivity index (χ1n) is 8.92. The number of ether oxygens (including phenoxy) is 1. The number of methoxy groups -OCH3 is 1. The normalized spacial score (nSPS) is 11.0. The number of aromatic nitrogens is 3. The molecule has 2 aromatic heterocycles. The van der Waals surface area contributed by atoms with Crippen molar-refractivity contribution in [2.45, 2.75) is 12.3 Å². The van der Waals surface area contributed by atoms with Crippen molar-refractivity contribution < 1.29 is 9.13 Å². The van der Waals surface area contributed by atoms with Gasteiger partial charge in [-0.05, 0) is 36.2 Å². The third-order valence-electron chi connectivity index (χ3n) is 4.84. The summed E-state index contributed by atoms with van der Waals surface area (Å²) in [4.78, 5) is 17.5. The number of fused-ring (bicyclic) bond motifs is 1. The van der Waals surface area contributed by atoms with E-state index in [1.54, 1.807) is 31.4 Å². The summed E-state index contributed by atoms with van der Waals surface area (Å²) in [5.74, 6) is -0.0268. The van der Waals surface area contributed by atoms with Gasteiger partial charge in [-0.25, -0.2) is 9.37 Å². The summed E-state index contributed by atoms with van der Waals surface area (Å²) >= 11 is 3.53. The summed E-state index contributed by atoms with van der Waals surface area (Å²) in [5, 5.41) is 5.27. The van der Waals surface area contributed by atoms with Gasteiger partial charge in [0.05, 0.1) is 24.4 Å². The summed E-state index contributed by atoms with van der Waals surface area (Å²) in [6.45, 7) is 1.90. The molecular weight excluding hydrogens is 437 g/mol. The molecule has 0 bridgehead atoms. The Kier molecular flexibility index (Phi) is 5.15. The van der Waals surface area contributed by atoms with Crippen LogP contribution in [-0.4, -0.2) is 21.9 Å². The minimum Gasteiger partial charge on any atom is -0.481 e. The number of alkyl halides is 1. The van der Waals surface area contributed by atoms with Crippen molar-refractivity contribution in [1.82, 2.24) is 14.8 Å². The lowest BCUT2D eigenvalue weighted by molar-refractivity contribution is 0.397. The Bertz CT molecular complexity index is 1290. The van der Waals surface area contributed by atoms with Gasteiger partial charge in [0.15, 0.2) is 0 Å². The van der Waals surface area contributed by atoms with Gasteiger partial charge in [-0.3, -0.25) is 4.79 Å². The van der Waals surface area contributed by atoms with Crippen molar-refractivity contribution in [2.75, 3.05) is 7.11 Å². The molecule has 0 atom stereocenters. The summed E-state index contributed by atoms with van der Waals surface area (Å²) < 4.78 is 20.8. The molecule has 0 spiro atoms. The van der Waals surface area contributed by atoms with Crippen LogP contribution in [0.15, 0.2) is 59.5 Å². The highest BCUT2D eigenvalue weighted by molar-refractivity contribution is 9.08. The molecule has 0 fully saturated rings. The maximum absolute atomic E-state index is 14.3. The number of rotatable bonds is 4. The number of benzene rings is 2. The van der Waals surface area contributed by atoms with E-state index in [9.17, 15) is 9.18 Å². The minimum atomic E-state index is -0.560. The first-order chi connectivity index (χ1) is 14.0. The topological polar surface area (TPSA) is 57.0 Å². The number of nitrogens with zero attached hydrogens (tertiary/aromatic N) is 3. The maximum Gasteiger partial charge on any atom is 0.282 e. The first-order valence-corrected chi connectivity index (χ1v) is 10.0. The molecule has 7 heteroatoms. The van der Waals surface area contributed by atoms with Crippen LogP contribution in [0, 0.1) is 12.7 Å². The molecule has 146 valence electrons. The van der Waals surface area contributed by atoms with Crippen LogP contribution in [0.3, 0.4) is 0 Å². The van der Waals surface area contributed by atoms with E-state index in [0.29, 0.717) is 22.3 Å². The zero-order valence-corrected chi connectivity index (χ0v) is 17.4. The summed E-state index contributed by atoms with van der Waals surface area (Å²) in [6, 6.07) is 13.9. The number of hydrogen-bond acceptors (Lipinski definition) is 4. The number of pyridine rings is 1. The Morgan fingerprint density at radius 3 is 2.62 bits per heavy atom. The van der Waals surface area contributed by atoms with Crippen molar-refractivity contribution in [3.05, 3.63) is 82.2 Å². The SMILES string of the molecule is COc1ccc(-c2cccc(-n3ncc4cccc(F)c4c3=O)c2CBr)c(C)n1. The molecule has 29 heavy (non-hydrogen) atoms. The number of halogens is 2. The second-order valence-electron chi connectivity index (χ2n) is 6.49. The molecule has 0 aliphatic heterocycles. The van der Waals surface area contributed by atoms with Gasteiger partial charge in [0, 0.05) is 28.0 Å². The van der Waals surface area contributed by atoms with E-state index >= 15 is 0 Å². The Morgan fingerprint density at radius 1 is 1.10 bits per heavy atom. The standard InChI is InChI=1S/C22H17BrFN3O2/c1-13-15(9-10-20(26-13)29-2)16-6-4-8-19(17(16)11-23)27-22(28)21-14(12-25-27)5-3-7-18(21)24/h3-10,12H,11H2,1-2H3. The largest absolute Gasteiger partial charge is 0.481 e. The molecule has 4 rings (SSSR count). The lowest BCUT2D eigenvalue weighted by atomic mass is 9.98. The molecule has 2 heterocycles. The summed E-state index contributed by atoms with van der Waals surface area (Å²) in [7, 11) is 1.57. The molecule has 0 N–H and O–H groups in total. The maximum atomic E-state index is 14.3. The van der Waals surface area contributed by atoms with Crippen LogP contribution in [0.1, 0.15) is 11.3 Å². The monoisotopic (exact) mass is 453 g/mol. The number of aryl methyl sites for hydroxylation is 1. The second-order valence-corrected chi connectivity index (χ2v) is 7.05. The predicted octanol–water partition coefficient (Wildman–Crippen LogP) is 4.80. The molecule has 0 unspecified atom stereocenters. The molecule has 0 aliphatic carbocycles. The smallest absolute Gasteiger partial charge is 0.282 e. The average Bonchev–Trinajstić information content (AvgIpc) is 2.73. The molecule has 5 nitrogen and oxygen atoms in total. The molecule has 0 aliphatic rings. The molecule has 0 saturated heterocycles. The van der Waals surface area contributed by atoms with Crippen molar-refractivity contribution >= 4 is 26.7 Å². The number of hydrogen-bond donors (Lipinski definition) is 0. The Labute approximate surface area is 174 Å². The van der Waals surface area contributed by atoms with Gasteiger partial charge in [0.25, 0.3) is 5.56 Å². The highest BCUT2D eigenvalue weighted by Crippen LogP contribution is 2.32.